The smallest absolute Gasteiger partial charge is 0.359 e. The summed E-state index contributed by atoms with van der Waals surface area (Å²) in [5.74, 6) is 1.02. The molecule has 23 heavy (non-hydrogen) atoms. The van der Waals surface area contributed by atoms with Crippen LogP contribution in [0.2, 0.25) is 0 Å². The molecule has 0 saturated heterocycles. The van der Waals surface area contributed by atoms with E-state index in [1.54, 1.807) is 7.11 Å². The van der Waals surface area contributed by atoms with Crippen molar-refractivity contribution >= 4 is 5.97 Å². The molecule has 1 heterocycles. The molecule has 1 fully saturated rings. The van der Waals surface area contributed by atoms with Crippen molar-refractivity contribution in [2.75, 3.05) is 13.7 Å². The standard InChI is InChI=1S/C18H22N2O3/c1-4-23-18(21)16-12(2)17(14-7-8-14)20(19-16)11-13-5-9-15(22-3)10-6-13/h5-6,9-10,14H,4,7-8,11H2,1-3H3. The third-order valence-corrected chi connectivity index (χ3v) is 4.16. The zero-order valence-electron chi connectivity index (χ0n) is 13.8. The summed E-state index contributed by atoms with van der Waals surface area (Å²) in [6.45, 7) is 4.79. The zero-order valence-corrected chi connectivity index (χ0v) is 13.8. The van der Waals surface area contributed by atoms with E-state index in [0.717, 1.165) is 29.7 Å². The summed E-state index contributed by atoms with van der Waals surface area (Å²) in [5, 5.41) is 4.54. The molecule has 122 valence electrons. The van der Waals surface area contributed by atoms with Crippen molar-refractivity contribution in [3.05, 3.63) is 46.8 Å². The number of carbonyl (C=O) groups excluding carboxylic acids is 1. The van der Waals surface area contributed by atoms with E-state index < -0.39 is 0 Å². The van der Waals surface area contributed by atoms with Gasteiger partial charge in [-0.15, -0.1) is 0 Å². The molecule has 1 aromatic heterocycles. The molecule has 0 atom stereocenters. The van der Waals surface area contributed by atoms with Crippen LogP contribution < -0.4 is 4.74 Å². The molecule has 1 saturated carbocycles. The van der Waals surface area contributed by atoms with Crippen molar-refractivity contribution in [3.8, 4) is 5.75 Å². The summed E-state index contributed by atoms with van der Waals surface area (Å²) >= 11 is 0. The predicted molar refractivity (Wildman–Crippen MR) is 87.0 cm³/mol. The molecule has 0 radical (unpaired) electrons. The average Bonchev–Trinajstić information content (AvgIpc) is 3.33. The van der Waals surface area contributed by atoms with Crippen molar-refractivity contribution < 1.29 is 14.3 Å². The second-order valence-corrected chi connectivity index (χ2v) is 5.86. The van der Waals surface area contributed by atoms with Crippen molar-refractivity contribution in [3.63, 3.8) is 0 Å². The fourth-order valence-electron chi connectivity index (χ4n) is 2.86. The van der Waals surface area contributed by atoms with Gasteiger partial charge in [-0.3, -0.25) is 4.68 Å². The molecule has 1 aliphatic rings. The Hall–Kier alpha value is -2.30. The Kier molecular flexibility index (Phi) is 4.37. The summed E-state index contributed by atoms with van der Waals surface area (Å²) in [7, 11) is 1.66. The van der Waals surface area contributed by atoms with Gasteiger partial charge in [0.1, 0.15) is 5.75 Å². The van der Waals surface area contributed by atoms with Crippen LogP contribution in [0, 0.1) is 6.92 Å². The normalized spacial score (nSPS) is 13.9. The minimum absolute atomic E-state index is 0.333. The zero-order chi connectivity index (χ0) is 16.4. The monoisotopic (exact) mass is 314 g/mol. The number of hydrogen-bond acceptors (Lipinski definition) is 4. The van der Waals surface area contributed by atoms with Crippen LogP contribution in [0.3, 0.4) is 0 Å². The van der Waals surface area contributed by atoms with Gasteiger partial charge >= 0.3 is 5.97 Å². The molecule has 1 aliphatic carbocycles. The lowest BCUT2D eigenvalue weighted by molar-refractivity contribution is 0.0517. The quantitative estimate of drug-likeness (QED) is 0.768. The van der Waals surface area contributed by atoms with E-state index in [4.69, 9.17) is 9.47 Å². The van der Waals surface area contributed by atoms with Gasteiger partial charge in [0.05, 0.1) is 20.3 Å². The molecule has 5 heteroatoms. The van der Waals surface area contributed by atoms with Crippen molar-refractivity contribution in [2.24, 2.45) is 0 Å². The average molecular weight is 314 g/mol. The van der Waals surface area contributed by atoms with Gasteiger partial charge in [0.25, 0.3) is 0 Å². The van der Waals surface area contributed by atoms with E-state index in [-0.39, 0.29) is 5.97 Å². The fraction of sp³-hybridized carbons (Fsp3) is 0.444. The van der Waals surface area contributed by atoms with E-state index >= 15 is 0 Å². The summed E-state index contributed by atoms with van der Waals surface area (Å²) in [5.41, 5.74) is 3.70. The number of ether oxygens (including phenoxy) is 2. The van der Waals surface area contributed by atoms with Gasteiger partial charge in [-0.1, -0.05) is 12.1 Å². The van der Waals surface area contributed by atoms with Crippen molar-refractivity contribution in [1.82, 2.24) is 9.78 Å². The first-order valence-electron chi connectivity index (χ1n) is 8.01. The topological polar surface area (TPSA) is 53.3 Å². The third-order valence-electron chi connectivity index (χ3n) is 4.16. The molecule has 1 aromatic carbocycles. The van der Waals surface area contributed by atoms with Crippen LogP contribution in [0.5, 0.6) is 5.75 Å². The molecule has 0 spiro atoms. The van der Waals surface area contributed by atoms with E-state index in [2.05, 4.69) is 5.10 Å². The largest absolute Gasteiger partial charge is 0.497 e. The van der Waals surface area contributed by atoms with Gasteiger partial charge in [0.15, 0.2) is 5.69 Å². The molecule has 5 nitrogen and oxygen atoms in total. The van der Waals surface area contributed by atoms with Crippen LogP contribution in [-0.2, 0) is 11.3 Å². The second-order valence-electron chi connectivity index (χ2n) is 5.86. The lowest BCUT2D eigenvalue weighted by atomic mass is 10.1. The highest BCUT2D eigenvalue weighted by Crippen LogP contribution is 2.42. The van der Waals surface area contributed by atoms with E-state index in [0.29, 0.717) is 24.8 Å². The number of hydrogen-bond donors (Lipinski definition) is 0. The number of esters is 1. The van der Waals surface area contributed by atoms with E-state index in [1.165, 1.54) is 5.69 Å². The molecule has 2 aromatic rings. The van der Waals surface area contributed by atoms with Gasteiger partial charge in [0.2, 0.25) is 0 Å². The lowest BCUT2D eigenvalue weighted by Crippen LogP contribution is -2.09. The summed E-state index contributed by atoms with van der Waals surface area (Å²) in [6.07, 6.45) is 2.33. The van der Waals surface area contributed by atoms with Crippen molar-refractivity contribution in [1.29, 1.82) is 0 Å². The van der Waals surface area contributed by atoms with Gasteiger partial charge in [-0.05, 0) is 44.4 Å². The Morgan fingerprint density at radius 1 is 1.30 bits per heavy atom. The van der Waals surface area contributed by atoms with Crippen LogP contribution in [0.1, 0.15) is 53.0 Å². The molecule has 0 bridgehead atoms. The Bertz CT molecular complexity index is 700. The first-order chi connectivity index (χ1) is 11.1. The maximum Gasteiger partial charge on any atom is 0.359 e. The predicted octanol–water partition coefficient (Wildman–Crippen LogP) is 3.30. The molecule has 0 N–H and O–H groups in total. The molecule has 0 amide bonds. The highest BCUT2D eigenvalue weighted by atomic mass is 16.5. The van der Waals surface area contributed by atoms with Gasteiger partial charge in [0, 0.05) is 17.2 Å². The number of nitrogens with zero attached hydrogens (tertiary/aromatic N) is 2. The minimum atomic E-state index is -0.333. The first kappa shape index (κ1) is 15.6. The Labute approximate surface area is 136 Å². The lowest BCUT2D eigenvalue weighted by Gasteiger charge is -2.08. The summed E-state index contributed by atoms with van der Waals surface area (Å²) < 4.78 is 12.3. The number of methoxy groups -OCH3 is 1. The van der Waals surface area contributed by atoms with Crippen LogP contribution >= 0.6 is 0 Å². The Morgan fingerprint density at radius 3 is 2.57 bits per heavy atom. The summed E-state index contributed by atoms with van der Waals surface area (Å²) in [6, 6.07) is 7.93. The van der Waals surface area contributed by atoms with E-state index in [9.17, 15) is 4.79 Å². The highest BCUT2D eigenvalue weighted by molar-refractivity contribution is 5.89. The minimum Gasteiger partial charge on any atom is -0.497 e. The Balaban J connectivity index is 1.90. The SMILES string of the molecule is CCOC(=O)c1nn(Cc2ccc(OC)cc2)c(C2CC2)c1C. The molecule has 0 aliphatic heterocycles. The van der Waals surface area contributed by atoms with Crippen LogP contribution in [-0.4, -0.2) is 29.5 Å². The van der Waals surface area contributed by atoms with Gasteiger partial charge in [-0.2, -0.15) is 5.10 Å². The van der Waals surface area contributed by atoms with Gasteiger partial charge in [-0.25, -0.2) is 4.79 Å². The number of aromatic nitrogens is 2. The maximum absolute atomic E-state index is 12.1. The molecular formula is C18H22N2O3. The van der Waals surface area contributed by atoms with Crippen LogP contribution in [0.15, 0.2) is 24.3 Å². The van der Waals surface area contributed by atoms with Crippen molar-refractivity contribution in [2.45, 2.75) is 39.2 Å². The third kappa shape index (κ3) is 3.23. The molecule has 0 unspecified atom stereocenters. The summed E-state index contributed by atoms with van der Waals surface area (Å²) in [4.78, 5) is 12.1. The van der Waals surface area contributed by atoms with Crippen LogP contribution in [0.25, 0.3) is 0 Å². The van der Waals surface area contributed by atoms with E-state index in [1.807, 2.05) is 42.8 Å². The molecular weight excluding hydrogens is 292 g/mol. The first-order valence-corrected chi connectivity index (χ1v) is 8.01. The number of benzene rings is 1. The highest BCUT2D eigenvalue weighted by Gasteiger charge is 2.32. The molecule has 3 rings (SSSR count). The fourth-order valence-corrected chi connectivity index (χ4v) is 2.86. The number of carbonyl (C=O) groups is 1. The number of rotatable bonds is 6. The maximum atomic E-state index is 12.1. The second kappa shape index (κ2) is 6.44. The van der Waals surface area contributed by atoms with Crippen LogP contribution in [0.4, 0.5) is 0 Å². The Morgan fingerprint density at radius 2 is 2.00 bits per heavy atom. The van der Waals surface area contributed by atoms with Gasteiger partial charge < -0.3 is 9.47 Å².